The monoisotopic (exact) mass is 226 g/mol. The van der Waals surface area contributed by atoms with Crippen LogP contribution in [0.25, 0.3) is 0 Å². The molecule has 0 radical (unpaired) electrons. The quantitative estimate of drug-likeness (QED) is 0.708. The summed E-state index contributed by atoms with van der Waals surface area (Å²) in [5.41, 5.74) is 5.12. The van der Waals surface area contributed by atoms with Crippen molar-refractivity contribution in [3.05, 3.63) is 0 Å². The number of nitrogens with two attached hydrogens (primary N) is 1. The fourth-order valence-corrected chi connectivity index (χ4v) is 3.33. The third-order valence-electron chi connectivity index (χ3n) is 4.82. The van der Waals surface area contributed by atoms with Gasteiger partial charge in [-0.05, 0) is 25.7 Å². The third kappa shape index (κ3) is 1.51. The number of β-amino-alcohol motifs (C(OH)–C–C–N with tert-alkyl or cyclic N) is 1. The van der Waals surface area contributed by atoms with E-state index in [1.54, 1.807) is 0 Å². The minimum Gasteiger partial charge on any atom is -0.388 e. The van der Waals surface area contributed by atoms with Gasteiger partial charge >= 0.3 is 0 Å². The topological polar surface area (TPSA) is 58.7 Å². The lowest BCUT2D eigenvalue weighted by Gasteiger charge is -2.41. The first kappa shape index (κ1) is 11.0. The van der Waals surface area contributed by atoms with E-state index in [0.29, 0.717) is 13.2 Å². The molecule has 0 aromatic rings. The zero-order chi connectivity index (χ0) is 11.2. The van der Waals surface area contributed by atoms with Gasteiger partial charge in [-0.1, -0.05) is 0 Å². The zero-order valence-corrected chi connectivity index (χ0v) is 9.82. The highest BCUT2D eigenvalue weighted by atomic mass is 16.5. The number of aliphatic hydroxyl groups is 1. The summed E-state index contributed by atoms with van der Waals surface area (Å²) in [7, 11) is 0. The molecule has 3 aliphatic rings. The second-order valence-electron chi connectivity index (χ2n) is 5.77. The van der Waals surface area contributed by atoms with E-state index in [-0.39, 0.29) is 5.41 Å². The summed E-state index contributed by atoms with van der Waals surface area (Å²) in [5, 5.41) is 10.9. The number of hydrogen-bond acceptors (Lipinski definition) is 4. The molecule has 2 aliphatic heterocycles. The van der Waals surface area contributed by atoms with Crippen molar-refractivity contribution in [2.45, 2.75) is 37.3 Å². The Balaban J connectivity index is 1.76. The van der Waals surface area contributed by atoms with Gasteiger partial charge in [-0.2, -0.15) is 0 Å². The van der Waals surface area contributed by atoms with E-state index in [4.69, 9.17) is 10.5 Å². The van der Waals surface area contributed by atoms with Crippen molar-refractivity contribution in [1.82, 2.24) is 4.90 Å². The fourth-order valence-electron chi connectivity index (χ4n) is 3.33. The molecule has 3 N–H and O–H groups in total. The SMILES string of the molecule is NCC1(C2(O)CCN(C3CC3)C2)CCOC1. The Hall–Kier alpha value is -0.160. The average Bonchev–Trinajstić information content (AvgIpc) is 2.88. The molecule has 2 saturated heterocycles. The van der Waals surface area contributed by atoms with Crippen molar-refractivity contribution >= 4 is 0 Å². The minimum absolute atomic E-state index is 0.184. The number of hydrogen-bond donors (Lipinski definition) is 2. The Morgan fingerprint density at radius 1 is 1.38 bits per heavy atom. The Labute approximate surface area is 96.7 Å². The second kappa shape index (κ2) is 3.67. The summed E-state index contributed by atoms with van der Waals surface area (Å²) in [4.78, 5) is 2.44. The summed E-state index contributed by atoms with van der Waals surface area (Å²) < 4.78 is 5.48. The molecule has 4 heteroatoms. The van der Waals surface area contributed by atoms with Crippen molar-refractivity contribution in [3.8, 4) is 0 Å². The predicted octanol–water partition coefficient (Wildman–Crippen LogP) is -0.0490. The zero-order valence-electron chi connectivity index (χ0n) is 9.82. The van der Waals surface area contributed by atoms with E-state index in [1.165, 1.54) is 12.8 Å². The molecule has 2 unspecified atom stereocenters. The Kier molecular flexibility index (Phi) is 2.51. The van der Waals surface area contributed by atoms with Gasteiger partial charge < -0.3 is 15.6 Å². The number of nitrogens with zero attached hydrogens (tertiary/aromatic N) is 1. The van der Waals surface area contributed by atoms with Gasteiger partial charge in [-0.3, -0.25) is 4.90 Å². The van der Waals surface area contributed by atoms with E-state index in [1.807, 2.05) is 0 Å². The van der Waals surface area contributed by atoms with Crippen molar-refractivity contribution < 1.29 is 9.84 Å². The van der Waals surface area contributed by atoms with Crippen LogP contribution in [0.2, 0.25) is 0 Å². The van der Waals surface area contributed by atoms with E-state index in [0.717, 1.165) is 38.6 Å². The average molecular weight is 226 g/mol. The van der Waals surface area contributed by atoms with Crippen LogP contribution in [-0.4, -0.2) is 54.5 Å². The van der Waals surface area contributed by atoms with E-state index >= 15 is 0 Å². The van der Waals surface area contributed by atoms with Crippen LogP contribution in [0.15, 0.2) is 0 Å². The fraction of sp³-hybridized carbons (Fsp3) is 1.00. The van der Waals surface area contributed by atoms with Crippen LogP contribution in [0.1, 0.15) is 25.7 Å². The Morgan fingerprint density at radius 2 is 2.19 bits per heavy atom. The maximum absolute atomic E-state index is 10.9. The highest BCUT2D eigenvalue weighted by Crippen LogP contribution is 2.46. The molecule has 3 fully saturated rings. The molecule has 2 heterocycles. The van der Waals surface area contributed by atoms with Gasteiger partial charge in [0, 0.05) is 37.7 Å². The van der Waals surface area contributed by atoms with Crippen molar-refractivity contribution in [2.75, 3.05) is 32.8 Å². The summed E-state index contributed by atoms with van der Waals surface area (Å²) in [5.74, 6) is 0. The molecule has 16 heavy (non-hydrogen) atoms. The molecule has 0 amide bonds. The van der Waals surface area contributed by atoms with Gasteiger partial charge in [-0.25, -0.2) is 0 Å². The maximum atomic E-state index is 10.9. The van der Waals surface area contributed by atoms with Crippen LogP contribution in [0.4, 0.5) is 0 Å². The van der Waals surface area contributed by atoms with Gasteiger partial charge in [0.1, 0.15) is 0 Å². The molecule has 0 bridgehead atoms. The molecular formula is C12H22N2O2. The van der Waals surface area contributed by atoms with Gasteiger partial charge in [0.25, 0.3) is 0 Å². The molecule has 3 rings (SSSR count). The van der Waals surface area contributed by atoms with Gasteiger partial charge in [0.05, 0.1) is 12.2 Å². The first-order valence-corrected chi connectivity index (χ1v) is 6.43. The summed E-state index contributed by atoms with van der Waals surface area (Å²) in [6.07, 6.45) is 4.40. The lowest BCUT2D eigenvalue weighted by Crippen LogP contribution is -2.55. The van der Waals surface area contributed by atoms with Crippen molar-refractivity contribution in [1.29, 1.82) is 0 Å². The van der Waals surface area contributed by atoms with Crippen molar-refractivity contribution in [3.63, 3.8) is 0 Å². The number of ether oxygens (including phenoxy) is 1. The van der Waals surface area contributed by atoms with E-state index in [2.05, 4.69) is 4.90 Å². The molecule has 1 aliphatic carbocycles. The molecular weight excluding hydrogens is 204 g/mol. The largest absolute Gasteiger partial charge is 0.388 e. The molecule has 0 spiro atoms. The van der Waals surface area contributed by atoms with Crippen LogP contribution < -0.4 is 5.73 Å². The normalized spacial score (nSPS) is 45.4. The molecule has 92 valence electrons. The lowest BCUT2D eigenvalue weighted by atomic mass is 9.70. The standard InChI is InChI=1S/C12H22N2O2/c13-7-11(4-6-16-9-11)12(15)3-5-14(8-12)10-1-2-10/h10,15H,1-9,13H2. The lowest BCUT2D eigenvalue weighted by molar-refractivity contribution is -0.0742. The van der Waals surface area contributed by atoms with Crippen LogP contribution >= 0.6 is 0 Å². The van der Waals surface area contributed by atoms with Gasteiger partial charge in [-0.15, -0.1) is 0 Å². The third-order valence-corrected chi connectivity index (χ3v) is 4.82. The van der Waals surface area contributed by atoms with E-state index < -0.39 is 5.60 Å². The van der Waals surface area contributed by atoms with E-state index in [9.17, 15) is 5.11 Å². The highest BCUT2D eigenvalue weighted by Gasteiger charge is 2.56. The summed E-state index contributed by atoms with van der Waals surface area (Å²) in [6.45, 7) is 3.77. The molecule has 2 atom stereocenters. The molecule has 0 aromatic heterocycles. The van der Waals surface area contributed by atoms with Crippen LogP contribution in [-0.2, 0) is 4.74 Å². The van der Waals surface area contributed by atoms with Crippen LogP contribution in [0.5, 0.6) is 0 Å². The number of rotatable bonds is 3. The van der Waals surface area contributed by atoms with Crippen LogP contribution in [0.3, 0.4) is 0 Å². The molecule has 0 aromatic carbocycles. The van der Waals surface area contributed by atoms with Crippen LogP contribution in [0, 0.1) is 5.41 Å². The molecule has 1 saturated carbocycles. The second-order valence-corrected chi connectivity index (χ2v) is 5.77. The van der Waals surface area contributed by atoms with Crippen molar-refractivity contribution in [2.24, 2.45) is 11.1 Å². The number of likely N-dealkylation sites (tertiary alicyclic amines) is 1. The summed E-state index contributed by atoms with van der Waals surface area (Å²) >= 11 is 0. The molecule has 4 nitrogen and oxygen atoms in total. The smallest absolute Gasteiger partial charge is 0.0877 e. The first-order valence-electron chi connectivity index (χ1n) is 6.43. The first-order chi connectivity index (χ1) is 7.69. The Bertz CT molecular complexity index is 274. The summed E-state index contributed by atoms with van der Waals surface area (Å²) in [6, 6.07) is 0.742. The predicted molar refractivity (Wildman–Crippen MR) is 61.1 cm³/mol. The van der Waals surface area contributed by atoms with Gasteiger partial charge in [0.15, 0.2) is 0 Å². The highest BCUT2D eigenvalue weighted by molar-refractivity contribution is 5.08. The Morgan fingerprint density at radius 3 is 2.75 bits per heavy atom. The van der Waals surface area contributed by atoms with Gasteiger partial charge in [0.2, 0.25) is 0 Å². The minimum atomic E-state index is -0.610. The maximum Gasteiger partial charge on any atom is 0.0877 e.